The molecule has 4 aromatic carbocycles. The largest absolute Gasteiger partial charge is 0.459 e. The third-order valence-corrected chi connectivity index (χ3v) is 12.9. The Morgan fingerprint density at radius 2 is 1.67 bits per heavy atom. The van der Waals surface area contributed by atoms with Crippen LogP contribution in [-0.4, -0.2) is 76.8 Å². The Kier molecular flexibility index (Phi) is 15.2. The lowest BCUT2D eigenvalue weighted by molar-refractivity contribution is -0.384. The number of rotatable bonds is 20. The minimum atomic E-state index is -1.50. The van der Waals surface area contributed by atoms with E-state index in [1.54, 1.807) is 24.9 Å². The Labute approximate surface area is 372 Å². The van der Waals surface area contributed by atoms with E-state index in [2.05, 4.69) is 12.7 Å². The topological polar surface area (TPSA) is 162 Å². The van der Waals surface area contributed by atoms with Crippen LogP contribution in [0.3, 0.4) is 0 Å². The van der Waals surface area contributed by atoms with Crippen LogP contribution in [0, 0.1) is 27.9 Å². The predicted octanol–water partition coefficient (Wildman–Crippen LogP) is 10.1. The van der Waals surface area contributed by atoms with E-state index in [0.29, 0.717) is 35.8 Å². The first-order valence-corrected chi connectivity index (χ1v) is 22.7. The van der Waals surface area contributed by atoms with Gasteiger partial charge in [0, 0.05) is 55.2 Å². The molecule has 1 aliphatic heterocycles. The molecule has 2 N–H and O–H groups in total. The van der Waals surface area contributed by atoms with E-state index >= 15 is 0 Å². The summed E-state index contributed by atoms with van der Waals surface area (Å²) in [4.78, 5) is 33.9. The van der Waals surface area contributed by atoms with Crippen LogP contribution < -0.4 is 14.2 Å². The highest BCUT2D eigenvalue weighted by Gasteiger charge is 2.65. The summed E-state index contributed by atoms with van der Waals surface area (Å²) >= 11 is 1.65. The van der Waals surface area contributed by atoms with Gasteiger partial charge in [-0.1, -0.05) is 60.5 Å². The number of nitro benzene ring substituents is 1. The Hall–Kier alpha value is -5.67. The molecule has 63 heavy (non-hydrogen) atoms. The van der Waals surface area contributed by atoms with Gasteiger partial charge in [0.05, 0.1) is 23.2 Å². The van der Waals surface area contributed by atoms with Gasteiger partial charge in [-0.3, -0.25) is 10.1 Å². The van der Waals surface area contributed by atoms with Gasteiger partial charge in [0.25, 0.3) is 5.69 Å². The number of hydrogen-bond donors (Lipinski definition) is 2. The van der Waals surface area contributed by atoms with Gasteiger partial charge in [-0.15, -0.1) is 18.3 Å². The second-order valence-electron chi connectivity index (χ2n) is 16.0. The number of likely N-dealkylation sites (N-methyl/N-ethyl adjacent to an activating group) is 1. The predicted molar refractivity (Wildman–Crippen MR) is 241 cm³/mol. The van der Waals surface area contributed by atoms with Crippen molar-refractivity contribution in [1.82, 2.24) is 4.90 Å². The van der Waals surface area contributed by atoms with Gasteiger partial charge in [-0.05, 0) is 110 Å². The highest BCUT2D eigenvalue weighted by Crippen LogP contribution is 2.62. The summed E-state index contributed by atoms with van der Waals surface area (Å²) in [5.41, 5.74) is 3.25. The lowest BCUT2D eigenvalue weighted by atomic mass is 9.55. The normalized spacial score (nSPS) is 22.8. The molecule has 6 atom stereocenters. The Morgan fingerprint density at radius 3 is 2.35 bits per heavy atom. The molecule has 3 aliphatic rings. The summed E-state index contributed by atoms with van der Waals surface area (Å²) in [6.45, 7) is 4.44. The summed E-state index contributed by atoms with van der Waals surface area (Å²) in [5, 5.41) is 36.1. The maximum Gasteiger partial charge on any atom is 0.415 e. The fraction of sp³-hybridized carbons (Fsp3) is 0.388. The highest BCUT2D eigenvalue weighted by molar-refractivity contribution is 7.98. The maximum atomic E-state index is 14.3. The van der Waals surface area contributed by atoms with Gasteiger partial charge in [0.2, 0.25) is 5.79 Å². The summed E-state index contributed by atoms with van der Waals surface area (Å²) in [6, 6.07) is 28.0. The van der Waals surface area contributed by atoms with Crippen molar-refractivity contribution < 1.29 is 43.7 Å². The number of nitro groups is 1. The average Bonchev–Trinajstić information content (AvgIpc) is 3.30. The molecule has 2 aliphatic carbocycles. The lowest BCUT2D eigenvalue weighted by Gasteiger charge is -2.59. The molecule has 0 aromatic heterocycles. The lowest BCUT2D eigenvalue weighted by Crippen LogP contribution is -2.69. The van der Waals surface area contributed by atoms with E-state index in [1.807, 2.05) is 79.1 Å². The van der Waals surface area contributed by atoms with Crippen LogP contribution in [0.5, 0.6) is 23.0 Å². The molecule has 7 rings (SSSR count). The first-order chi connectivity index (χ1) is 30.7. The van der Waals surface area contributed by atoms with Crippen molar-refractivity contribution in [1.29, 1.82) is 0 Å². The van der Waals surface area contributed by atoms with Crippen molar-refractivity contribution in [2.45, 2.75) is 74.2 Å². The zero-order valence-electron chi connectivity index (χ0n) is 35.7. The van der Waals surface area contributed by atoms with Crippen LogP contribution in [0.15, 0.2) is 131 Å². The first-order valence-electron chi connectivity index (χ1n) is 21.4. The minimum Gasteiger partial charge on any atom is -0.459 e. The van der Waals surface area contributed by atoms with Gasteiger partial charge in [-0.2, -0.15) is 0 Å². The molecule has 13 nitrogen and oxygen atoms in total. The summed E-state index contributed by atoms with van der Waals surface area (Å²) in [6.07, 6.45) is 9.82. The number of nitrogens with zero attached hydrogens (tertiary/aromatic N) is 3. The van der Waals surface area contributed by atoms with E-state index in [4.69, 9.17) is 28.9 Å². The van der Waals surface area contributed by atoms with Crippen LogP contribution >= 0.6 is 11.8 Å². The van der Waals surface area contributed by atoms with Crippen LogP contribution in [0.4, 0.5) is 10.5 Å². The van der Waals surface area contributed by atoms with E-state index < -0.39 is 28.8 Å². The highest BCUT2D eigenvalue weighted by atomic mass is 32.2. The number of carbonyl (C=O) groups is 1. The van der Waals surface area contributed by atoms with E-state index in [9.17, 15) is 25.1 Å². The number of aliphatic hydroxyl groups is 2. The maximum absolute atomic E-state index is 14.3. The molecule has 0 bridgehead atoms. The quantitative estimate of drug-likeness (QED) is 0.0286. The molecule has 1 heterocycles. The number of amides is 1. The Bertz CT molecular complexity index is 2250. The number of carbonyl (C=O) groups excluding carboxylic acids is 1. The molecule has 332 valence electrons. The van der Waals surface area contributed by atoms with Crippen molar-refractivity contribution in [2.75, 3.05) is 33.1 Å². The summed E-state index contributed by atoms with van der Waals surface area (Å²) in [7, 11) is 1.63. The zero-order valence-corrected chi connectivity index (χ0v) is 36.5. The van der Waals surface area contributed by atoms with Crippen LogP contribution in [0.1, 0.15) is 62.0 Å². The number of fused-ring (bicyclic) bond motifs is 2. The van der Waals surface area contributed by atoms with Gasteiger partial charge >= 0.3 is 6.09 Å². The van der Waals surface area contributed by atoms with Gasteiger partial charge in [0.1, 0.15) is 35.6 Å². The molecule has 1 amide bonds. The third kappa shape index (κ3) is 10.3. The molecular formula is C49H55N3O10S. The average molecular weight is 878 g/mol. The van der Waals surface area contributed by atoms with Crippen molar-refractivity contribution >= 4 is 29.3 Å². The molecular weight excluding hydrogens is 823 g/mol. The second-order valence-corrected chi connectivity index (χ2v) is 16.9. The molecule has 0 radical (unpaired) electrons. The van der Waals surface area contributed by atoms with Gasteiger partial charge in [0.15, 0.2) is 0 Å². The number of unbranched alkanes of at least 4 members (excludes halogenated alkanes) is 2. The van der Waals surface area contributed by atoms with Crippen molar-refractivity contribution in [3.63, 3.8) is 0 Å². The van der Waals surface area contributed by atoms with Crippen molar-refractivity contribution in [2.24, 2.45) is 22.9 Å². The number of hydrogen-bond acceptors (Lipinski definition) is 12. The summed E-state index contributed by atoms with van der Waals surface area (Å²) < 4.78 is 26.6. The van der Waals surface area contributed by atoms with Crippen molar-refractivity contribution in [3.05, 3.63) is 143 Å². The van der Waals surface area contributed by atoms with E-state index in [-0.39, 0.29) is 62.0 Å². The van der Waals surface area contributed by atoms with Gasteiger partial charge in [-0.25, -0.2) is 4.79 Å². The molecule has 6 unspecified atom stereocenters. The number of thioether (sulfide) groups is 1. The van der Waals surface area contributed by atoms with E-state index in [0.717, 1.165) is 47.3 Å². The number of non-ortho nitro benzene ring substituents is 1. The van der Waals surface area contributed by atoms with Crippen molar-refractivity contribution in [3.8, 4) is 23.0 Å². The summed E-state index contributed by atoms with van der Waals surface area (Å²) in [5.74, 6) is -0.221. The molecule has 4 aromatic rings. The fourth-order valence-corrected chi connectivity index (χ4v) is 9.67. The standard InChI is InChI=1S/C49H55N3O10S/c1-4-28-58-49-45(51(2)48(55)61-37-18-16-35(17-19-37)52(56)57)31-43(50-59-32-33-12-6-5-7-13-33)41-29-34(14-8-10-26-53)40(15-9-11-27-54)46(47(41)49)42-30-38(22-25-44(42)62-49)60-36-20-23-39(63-3)24-21-36/h4-7,12-13,16-25,29-30,34,40,45-47,53-54H,1,8-11,14-15,26-28,31-32H2,2-3H3. The minimum absolute atomic E-state index is 0.0112. The Morgan fingerprint density at radius 1 is 0.968 bits per heavy atom. The van der Waals surface area contributed by atoms with Gasteiger partial charge < -0.3 is 38.9 Å². The first kappa shape index (κ1) is 45.4. The van der Waals surface area contributed by atoms with Crippen LogP contribution in [-0.2, 0) is 16.2 Å². The number of oxime groups is 1. The monoisotopic (exact) mass is 877 g/mol. The smallest absolute Gasteiger partial charge is 0.415 e. The molecule has 0 saturated heterocycles. The fourth-order valence-electron chi connectivity index (χ4n) is 9.27. The van der Waals surface area contributed by atoms with Crippen LogP contribution in [0.2, 0.25) is 0 Å². The zero-order chi connectivity index (χ0) is 44.3. The number of allylic oxidation sites excluding steroid dienone is 1. The van der Waals surface area contributed by atoms with E-state index in [1.165, 1.54) is 29.2 Å². The molecule has 1 saturated carbocycles. The molecule has 14 heteroatoms. The Balaban J connectivity index is 1.38. The number of benzene rings is 4. The van der Waals surface area contributed by atoms with Crippen LogP contribution in [0.25, 0.3) is 0 Å². The second kappa shape index (κ2) is 21.1. The molecule has 0 spiro atoms. The molecule has 1 fully saturated rings. The SMILES string of the molecule is C=CCOC12Oc3ccc(Oc4ccc(SC)cc4)cc3C3C(CCCCO)C(CCCCO)C=C(C(=NOCc4ccccc4)CC1N(C)C(=O)Oc1ccc([N+](=O)[O-])cc1)C32. The number of aliphatic hydroxyl groups excluding tert-OH is 2. The third-order valence-electron chi connectivity index (χ3n) is 12.2. The number of ether oxygens (including phenoxy) is 4.